The summed E-state index contributed by atoms with van der Waals surface area (Å²) in [5.41, 5.74) is 7.20. The van der Waals surface area contributed by atoms with E-state index in [1.165, 1.54) is 35.2 Å². The molecular formula is C34H58N2O3. The summed E-state index contributed by atoms with van der Waals surface area (Å²) >= 11 is 0. The number of benzene rings is 2. The minimum atomic E-state index is 0.0743. The van der Waals surface area contributed by atoms with Gasteiger partial charge in [-0.05, 0) is 87.3 Å². The molecule has 2 aromatic rings. The van der Waals surface area contributed by atoms with Gasteiger partial charge in [0.2, 0.25) is 5.91 Å². The molecule has 2 N–H and O–H groups in total. The van der Waals surface area contributed by atoms with Crippen molar-refractivity contribution >= 4 is 24.1 Å². The summed E-state index contributed by atoms with van der Waals surface area (Å²) in [6.07, 6.45) is 7.54. The van der Waals surface area contributed by atoms with Crippen LogP contribution in [0.1, 0.15) is 109 Å². The summed E-state index contributed by atoms with van der Waals surface area (Å²) < 4.78 is 5.36. The summed E-state index contributed by atoms with van der Waals surface area (Å²) in [4.78, 5) is 20.7. The predicted molar refractivity (Wildman–Crippen MR) is 171 cm³/mol. The van der Waals surface area contributed by atoms with Crippen molar-refractivity contribution < 1.29 is 14.3 Å². The number of amides is 1. The van der Waals surface area contributed by atoms with E-state index in [1.54, 1.807) is 7.11 Å². The van der Waals surface area contributed by atoms with E-state index in [9.17, 15) is 4.79 Å². The molecule has 0 radical (unpaired) electrons. The molecule has 39 heavy (non-hydrogen) atoms. The van der Waals surface area contributed by atoms with Gasteiger partial charge in [-0.1, -0.05) is 73.4 Å². The minimum Gasteiger partial charge on any atom is -0.496 e. The zero-order chi connectivity index (χ0) is 30.4. The SMILES string of the molecule is C=O.CC.CC.CCCC.CCc1c(C)cc(C)cc1NC1CCC(C(=O)Nc2ccc(C)c(OC)c2)CC1. The molecule has 3 rings (SSSR count). The zero-order valence-corrected chi connectivity index (χ0v) is 26.9. The summed E-state index contributed by atoms with van der Waals surface area (Å²) in [6.45, 7) is 22.9. The smallest absolute Gasteiger partial charge is 0.227 e. The van der Waals surface area contributed by atoms with E-state index in [2.05, 4.69) is 57.4 Å². The van der Waals surface area contributed by atoms with Crippen LogP contribution in [-0.4, -0.2) is 25.8 Å². The van der Waals surface area contributed by atoms with Gasteiger partial charge in [-0.2, -0.15) is 0 Å². The Hall–Kier alpha value is -2.82. The van der Waals surface area contributed by atoms with Gasteiger partial charge in [0.25, 0.3) is 0 Å². The van der Waals surface area contributed by atoms with Crippen molar-refractivity contribution in [2.24, 2.45) is 5.92 Å². The molecule has 0 spiro atoms. The summed E-state index contributed by atoms with van der Waals surface area (Å²) in [6, 6.07) is 10.8. The van der Waals surface area contributed by atoms with Crippen molar-refractivity contribution in [1.29, 1.82) is 0 Å². The molecule has 1 fully saturated rings. The third kappa shape index (κ3) is 13.7. The first kappa shape index (κ1) is 38.3. The first-order valence-electron chi connectivity index (χ1n) is 14.9. The number of hydrogen-bond donors (Lipinski definition) is 2. The van der Waals surface area contributed by atoms with Gasteiger partial charge >= 0.3 is 0 Å². The van der Waals surface area contributed by atoms with Crippen LogP contribution in [0.5, 0.6) is 5.75 Å². The predicted octanol–water partition coefficient (Wildman–Crippen LogP) is 9.47. The Labute approximate surface area is 240 Å². The molecule has 0 aromatic heterocycles. The average molecular weight is 543 g/mol. The van der Waals surface area contributed by atoms with Gasteiger partial charge in [0.1, 0.15) is 12.5 Å². The second-order valence-corrected chi connectivity index (χ2v) is 9.33. The lowest BCUT2D eigenvalue weighted by Crippen LogP contribution is -2.32. The molecule has 0 saturated heterocycles. The molecule has 5 heteroatoms. The quantitative estimate of drug-likeness (QED) is 0.365. The summed E-state index contributed by atoms with van der Waals surface area (Å²) in [7, 11) is 1.65. The second kappa shape index (κ2) is 23.1. The Kier molecular flexibility index (Phi) is 22.7. The van der Waals surface area contributed by atoms with Gasteiger partial charge < -0.3 is 20.2 Å². The molecule has 1 saturated carbocycles. The van der Waals surface area contributed by atoms with E-state index in [0.29, 0.717) is 6.04 Å². The van der Waals surface area contributed by atoms with E-state index in [-0.39, 0.29) is 11.8 Å². The second-order valence-electron chi connectivity index (χ2n) is 9.33. The lowest BCUT2D eigenvalue weighted by molar-refractivity contribution is -0.120. The Morgan fingerprint density at radius 1 is 0.872 bits per heavy atom. The van der Waals surface area contributed by atoms with Crippen LogP contribution in [0, 0.1) is 26.7 Å². The van der Waals surface area contributed by atoms with E-state index in [4.69, 9.17) is 9.53 Å². The van der Waals surface area contributed by atoms with Crippen LogP contribution in [0.3, 0.4) is 0 Å². The van der Waals surface area contributed by atoms with Crippen LogP contribution in [0.15, 0.2) is 30.3 Å². The highest BCUT2D eigenvalue weighted by Gasteiger charge is 2.27. The number of carbonyl (C=O) groups excluding carboxylic acids is 2. The maximum Gasteiger partial charge on any atom is 0.227 e. The molecule has 5 nitrogen and oxygen atoms in total. The Balaban J connectivity index is 0. The van der Waals surface area contributed by atoms with Crippen LogP contribution in [0.4, 0.5) is 11.4 Å². The molecule has 0 heterocycles. The third-order valence-electron chi connectivity index (χ3n) is 6.60. The fourth-order valence-electron chi connectivity index (χ4n) is 4.46. The van der Waals surface area contributed by atoms with E-state index in [0.717, 1.165) is 49.1 Å². The standard InChI is InChI=1S/C25H34N2O2.C4H10.2C2H6.CH2O/c1-6-22-18(4)13-16(2)14-23(22)26-20-11-8-19(9-12-20)25(28)27-21-10-7-17(3)24(15-21)29-5;1-3-4-2;3*1-2/h7,10,13-15,19-20,26H,6,8-9,11-12H2,1-5H3,(H,27,28);3-4H2,1-2H3;2*1-2H3;1H2. The monoisotopic (exact) mass is 542 g/mol. The molecule has 1 aliphatic carbocycles. The number of nitrogens with one attached hydrogen (secondary N) is 2. The number of hydrogen-bond acceptors (Lipinski definition) is 4. The van der Waals surface area contributed by atoms with Gasteiger partial charge in [0.15, 0.2) is 0 Å². The molecule has 222 valence electrons. The highest BCUT2D eigenvalue weighted by atomic mass is 16.5. The van der Waals surface area contributed by atoms with Crippen LogP contribution in [-0.2, 0) is 16.0 Å². The number of carbonyl (C=O) groups is 2. The first-order chi connectivity index (χ1) is 18.8. The van der Waals surface area contributed by atoms with Crippen molar-refractivity contribution in [2.75, 3.05) is 17.7 Å². The van der Waals surface area contributed by atoms with Gasteiger partial charge in [-0.25, -0.2) is 0 Å². The molecule has 0 unspecified atom stereocenters. The van der Waals surface area contributed by atoms with Crippen LogP contribution in [0.25, 0.3) is 0 Å². The molecule has 0 bridgehead atoms. The highest BCUT2D eigenvalue weighted by molar-refractivity contribution is 5.92. The fraction of sp³-hybridized carbons (Fsp3) is 0.588. The highest BCUT2D eigenvalue weighted by Crippen LogP contribution is 2.31. The zero-order valence-electron chi connectivity index (χ0n) is 26.9. The molecule has 1 aliphatic rings. The molecule has 2 aromatic carbocycles. The average Bonchev–Trinajstić information content (AvgIpc) is 2.97. The number of aryl methyl sites for hydroxylation is 3. The van der Waals surface area contributed by atoms with E-state index in [1.807, 2.05) is 59.6 Å². The Morgan fingerprint density at radius 3 is 1.92 bits per heavy atom. The van der Waals surface area contributed by atoms with Gasteiger partial charge in [0, 0.05) is 29.4 Å². The maximum absolute atomic E-state index is 12.7. The molecule has 0 atom stereocenters. The van der Waals surface area contributed by atoms with Gasteiger partial charge in [-0.3, -0.25) is 4.79 Å². The van der Waals surface area contributed by atoms with E-state index < -0.39 is 0 Å². The van der Waals surface area contributed by atoms with Crippen molar-refractivity contribution in [3.8, 4) is 5.75 Å². The van der Waals surface area contributed by atoms with Crippen molar-refractivity contribution in [2.45, 2.75) is 120 Å². The number of ether oxygens (including phenoxy) is 1. The molecule has 0 aliphatic heterocycles. The maximum atomic E-state index is 12.7. The van der Waals surface area contributed by atoms with Crippen LogP contribution < -0.4 is 15.4 Å². The lowest BCUT2D eigenvalue weighted by Gasteiger charge is -2.30. The Morgan fingerprint density at radius 2 is 1.44 bits per heavy atom. The van der Waals surface area contributed by atoms with E-state index >= 15 is 0 Å². The normalized spacial score (nSPS) is 15.3. The van der Waals surface area contributed by atoms with Crippen molar-refractivity contribution in [1.82, 2.24) is 0 Å². The van der Waals surface area contributed by atoms with Crippen LogP contribution >= 0.6 is 0 Å². The van der Waals surface area contributed by atoms with Gasteiger partial charge in [-0.15, -0.1) is 0 Å². The van der Waals surface area contributed by atoms with Crippen molar-refractivity contribution in [3.63, 3.8) is 0 Å². The lowest BCUT2D eigenvalue weighted by atomic mass is 9.85. The van der Waals surface area contributed by atoms with Crippen molar-refractivity contribution in [3.05, 3.63) is 52.6 Å². The molecular weight excluding hydrogens is 484 g/mol. The number of methoxy groups -OCH3 is 1. The summed E-state index contributed by atoms with van der Waals surface area (Å²) in [5.74, 6) is 0.996. The number of unbranched alkanes of at least 4 members (excludes halogenated alkanes) is 1. The number of anilines is 2. The third-order valence-corrected chi connectivity index (χ3v) is 6.60. The van der Waals surface area contributed by atoms with Gasteiger partial charge in [0.05, 0.1) is 7.11 Å². The molecule has 1 amide bonds. The first-order valence-corrected chi connectivity index (χ1v) is 14.9. The minimum absolute atomic E-state index is 0.0743. The fourth-order valence-corrected chi connectivity index (χ4v) is 4.46. The Bertz CT molecular complexity index is 917. The topological polar surface area (TPSA) is 67.4 Å². The summed E-state index contributed by atoms with van der Waals surface area (Å²) in [5, 5.41) is 6.84. The van der Waals surface area contributed by atoms with Crippen LogP contribution in [0.2, 0.25) is 0 Å². The number of rotatable bonds is 7. The largest absolute Gasteiger partial charge is 0.496 e.